The van der Waals surface area contributed by atoms with E-state index in [1.165, 1.54) is 19.2 Å². The van der Waals surface area contributed by atoms with Crippen molar-refractivity contribution in [1.82, 2.24) is 10.2 Å². The number of methoxy groups -OCH3 is 1. The molecule has 2 rings (SSSR count). The van der Waals surface area contributed by atoms with Crippen molar-refractivity contribution in [2.45, 2.75) is 4.34 Å². The molecule has 126 valence electrons. The largest absolute Gasteiger partial charge is 0.468 e. The number of halogens is 1. The Morgan fingerprint density at radius 3 is 2.88 bits per heavy atom. The third-order valence-electron chi connectivity index (χ3n) is 2.57. The van der Waals surface area contributed by atoms with Crippen LogP contribution in [0.15, 0.2) is 22.5 Å². The second-order valence-electron chi connectivity index (χ2n) is 4.12. The lowest BCUT2D eigenvalue weighted by Gasteiger charge is -2.02. The molecule has 9 nitrogen and oxygen atoms in total. The Kier molecular flexibility index (Phi) is 6.06. The van der Waals surface area contributed by atoms with Gasteiger partial charge < -0.3 is 4.74 Å². The van der Waals surface area contributed by atoms with Gasteiger partial charge in [-0.05, 0) is 12.1 Å². The average molecular weight is 389 g/mol. The van der Waals surface area contributed by atoms with Crippen LogP contribution in [0.1, 0.15) is 10.4 Å². The van der Waals surface area contributed by atoms with E-state index in [1.54, 1.807) is 0 Å². The molecule has 0 radical (unpaired) electrons. The van der Waals surface area contributed by atoms with Crippen LogP contribution in [0.25, 0.3) is 0 Å². The number of hydrogen-bond donors (Lipinski definition) is 1. The fourth-order valence-corrected chi connectivity index (χ4v) is 3.23. The van der Waals surface area contributed by atoms with Crippen molar-refractivity contribution in [3.63, 3.8) is 0 Å². The van der Waals surface area contributed by atoms with Gasteiger partial charge in [0.15, 0.2) is 4.34 Å². The van der Waals surface area contributed by atoms with Gasteiger partial charge in [0, 0.05) is 11.6 Å². The Labute approximate surface area is 148 Å². The van der Waals surface area contributed by atoms with Crippen LogP contribution in [-0.2, 0) is 9.53 Å². The summed E-state index contributed by atoms with van der Waals surface area (Å²) in [7, 11) is 1.28. The molecule has 0 fully saturated rings. The summed E-state index contributed by atoms with van der Waals surface area (Å²) in [6.45, 7) is 0. The van der Waals surface area contributed by atoms with Gasteiger partial charge in [-0.15, -0.1) is 10.2 Å². The van der Waals surface area contributed by atoms with Crippen LogP contribution < -0.4 is 5.32 Å². The molecule has 0 aliphatic carbocycles. The predicted molar refractivity (Wildman–Crippen MR) is 88.7 cm³/mol. The smallest absolute Gasteiger partial charge is 0.316 e. The molecule has 0 saturated carbocycles. The molecular formula is C12H9ClN4O5S2. The number of thioether (sulfide) groups is 1. The van der Waals surface area contributed by atoms with Crippen LogP contribution in [0.2, 0.25) is 5.02 Å². The van der Waals surface area contributed by atoms with Crippen molar-refractivity contribution < 1.29 is 19.2 Å². The Morgan fingerprint density at radius 2 is 2.21 bits per heavy atom. The summed E-state index contributed by atoms with van der Waals surface area (Å²) >= 11 is 7.88. The molecular weight excluding hydrogens is 380 g/mol. The van der Waals surface area contributed by atoms with Crippen molar-refractivity contribution in [3.05, 3.63) is 38.9 Å². The van der Waals surface area contributed by atoms with Crippen LogP contribution in [-0.4, -0.2) is 39.9 Å². The lowest BCUT2D eigenvalue weighted by Crippen LogP contribution is -2.12. The first-order chi connectivity index (χ1) is 11.4. The van der Waals surface area contributed by atoms with Gasteiger partial charge in [0.2, 0.25) is 5.13 Å². The molecule has 0 atom stereocenters. The summed E-state index contributed by atoms with van der Waals surface area (Å²) in [4.78, 5) is 33.3. The zero-order valence-corrected chi connectivity index (χ0v) is 14.4. The maximum absolute atomic E-state index is 12.1. The maximum atomic E-state index is 12.1. The van der Waals surface area contributed by atoms with Gasteiger partial charge in [-0.1, -0.05) is 34.7 Å². The van der Waals surface area contributed by atoms with E-state index in [-0.39, 0.29) is 27.2 Å². The average Bonchev–Trinajstić information content (AvgIpc) is 3.00. The zero-order chi connectivity index (χ0) is 17.7. The van der Waals surface area contributed by atoms with Crippen molar-refractivity contribution in [2.75, 3.05) is 18.2 Å². The molecule has 1 aromatic heterocycles. The van der Waals surface area contributed by atoms with Crippen LogP contribution in [0.5, 0.6) is 0 Å². The Bertz CT molecular complexity index is 798. The van der Waals surface area contributed by atoms with E-state index >= 15 is 0 Å². The highest BCUT2D eigenvalue weighted by Crippen LogP contribution is 2.27. The van der Waals surface area contributed by atoms with Gasteiger partial charge in [-0.2, -0.15) is 0 Å². The van der Waals surface area contributed by atoms with Crippen molar-refractivity contribution in [2.24, 2.45) is 0 Å². The van der Waals surface area contributed by atoms with E-state index < -0.39 is 16.8 Å². The SMILES string of the molecule is COC(=O)CSc1nnc(NC(=O)c2ccc(Cl)c([N+](=O)[O-])c2)s1. The number of ether oxygens (including phenoxy) is 1. The highest BCUT2D eigenvalue weighted by molar-refractivity contribution is 8.01. The molecule has 0 spiro atoms. The van der Waals surface area contributed by atoms with Gasteiger partial charge in [0.05, 0.1) is 17.8 Å². The fraction of sp³-hybridized carbons (Fsp3) is 0.167. The number of carbonyl (C=O) groups is 2. The number of rotatable bonds is 6. The summed E-state index contributed by atoms with van der Waals surface area (Å²) in [6, 6.07) is 3.70. The molecule has 12 heteroatoms. The second-order valence-corrected chi connectivity index (χ2v) is 6.72. The Balaban J connectivity index is 2.05. The van der Waals surface area contributed by atoms with Crippen molar-refractivity contribution in [3.8, 4) is 0 Å². The molecule has 0 aliphatic heterocycles. The third kappa shape index (κ3) is 4.63. The highest BCUT2D eigenvalue weighted by Gasteiger charge is 2.17. The molecule has 1 aromatic carbocycles. The molecule has 1 N–H and O–H groups in total. The van der Waals surface area contributed by atoms with Gasteiger partial charge in [0.1, 0.15) is 5.02 Å². The molecule has 0 saturated heterocycles. The molecule has 1 amide bonds. The quantitative estimate of drug-likeness (QED) is 0.263. The lowest BCUT2D eigenvalue weighted by atomic mass is 10.2. The molecule has 1 heterocycles. The number of nitrogens with one attached hydrogen (secondary N) is 1. The number of anilines is 1. The number of carbonyl (C=O) groups excluding carboxylic acids is 2. The molecule has 0 unspecified atom stereocenters. The van der Waals surface area contributed by atoms with E-state index in [0.717, 1.165) is 29.2 Å². The van der Waals surface area contributed by atoms with E-state index in [0.29, 0.717) is 4.34 Å². The third-order valence-corrected chi connectivity index (χ3v) is 4.84. The number of nitro benzene ring substituents is 1. The summed E-state index contributed by atoms with van der Waals surface area (Å²) in [5.74, 6) is -0.924. The van der Waals surface area contributed by atoms with Crippen LogP contribution in [0, 0.1) is 10.1 Å². The molecule has 24 heavy (non-hydrogen) atoms. The van der Waals surface area contributed by atoms with Crippen LogP contribution in [0.3, 0.4) is 0 Å². The number of nitro groups is 1. The Hall–Kier alpha value is -2.24. The van der Waals surface area contributed by atoms with Crippen LogP contribution >= 0.6 is 34.7 Å². The monoisotopic (exact) mass is 388 g/mol. The first-order valence-corrected chi connectivity index (χ1v) is 8.37. The summed E-state index contributed by atoms with van der Waals surface area (Å²) in [5.41, 5.74) is -0.305. The van der Waals surface area contributed by atoms with Gasteiger partial charge in [0.25, 0.3) is 11.6 Å². The van der Waals surface area contributed by atoms with Gasteiger partial charge in [-0.25, -0.2) is 0 Å². The minimum absolute atomic E-state index is 0.0602. The fourth-order valence-electron chi connectivity index (χ4n) is 1.46. The number of amides is 1. The molecule has 2 aromatic rings. The lowest BCUT2D eigenvalue weighted by molar-refractivity contribution is -0.384. The Morgan fingerprint density at radius 1 is 1.46 bits per heavy atom. The second kappa shape index (κ2) is 8.04. The normalized spacial score (nSPS) is 10.2. The minimum Gasteiger partial charge on any atom is -0.468 e. The zero-order valence-electron chi connectivity index (χ0n) is 12.0. The minimum atomic E-state index is -0.675. The van der Waals surface area contributed by atoms with Gasteiger partial charge >= 0.3 is 5.97 Å². The summed E-state index contributed by atoms with van der Waals surface area (Å²) in [6.07, 6.45) is 0. The molecule has 0 aliphatic rings. The van der Waals surface area contributed by atoms with Crippen molar-refractivity contribution in [1.29, 1.82) is 0 Å². The van der Waals surface area contributed by atoms with E-state index in [4.69, 9.17) is 11.6 Å². The summed E-state index contributed by atoms with van der Waals surface area (Å²) < 4.78 is 4.97. The number of aromatic nitrogens is 2. The van der Waals surface area contributed by atoms with Crippen LogP contribution in [0.4, 0.5) is 10.8 Å². The number of benzene rings is 1. The number of hydrogen-bond acceptors (Lipinski definition) is 9. The first-order valence-electron chi connectivity index (χ1n) is 6.19. The topological polar surface area (TPSA) is 124 Å². The highest BCUT2D eigenvalue weighted by atomic mass is 35.5. The standard InChI is InChI=1S/C12H9ClN4O5S2/c1-22-9(18)5-23-12-16-15-11(24-12)14-10(19)6-2-3-7(13)8(4-6)17(20)21/h2-4H,5H2,1H3,(H,14,15,19). The molecule has 0 bridgehead atoms. The first kappa shape index (κ1) is 18.1. The predicted octanol–water partition coefficient (Wildman–Crippen LogP) is 2.62. The maximum Gasteiger partial charge on any atom is 0.316 e. The number of nitrogens with zero attached hydrogens (tertiary/aromatic N) is 3. The van der Waals surface area contributed by atoms with E-state index in [2.05, 4.69) is 20.3 Å². The van der Waals surface area contributed by atoms with E-state index in [1.807, 2.05) is 0 Å². The van der Waals surface area contributed by atoms with Gasteiger partial charge in [-0.3, -0.25) is 25.0 Å². The van der Waals surface area contributed by atoms with E-state index in [9.17, 15) is 19.7 Å². The summed E-state index contributed by atoms with van der Waals surface area (Å²) in [5, 5.41) is 21.0. The van der Waals surface area contributed by atoms with Crippen molar-refractivity contribution >= 4 is 57.4 Å². The number of esters is 1.